The molecule has 1 aromatic rings. The van der Waals surface area contributed by atoms with Gasteiger partial charge in [-0.05, 0) is 32.8 Å². The molecule has 0 aromatic heterocycles. The average molecular weight is 305 g/mol. The van der Waals surface area contributed by atoms with Crippen LogP contribution in [0.3, 0.4) is 0 Å². The van der Waals surface area contributed by atoms with Crippen molar-refractivity contribution in [2.24, 2.45) is 5.92 Å². The Morgan fingerprint density at radius 2 is 1.91 bits per heavy atom. The molecule has 0 bridgehead atoms. The third kappa shape index (κ3) is 3.85. The maximum atomic E-state index is 12.2. The van der Waals surface area contributed by atoms with E-state index in [1.807, 2.05) is 44.2 Å². The molecular weight excluding hydrogens is 282 g/mol. The molecule has 0 saturated carbocycles. The van der Waals surface area contributed by atoms with Crippen LogP contribution in [0.4, 0.5) is 0 Å². The highest BCUT2D eigenvalue weighted by atomic mass is 16.5. The monoisotopic (exact) mass is 305 g/mol. The summed E-state index contributed by atoms with van der Waals surface area (Å²) in [4.78, 5) is 24.3. The molecule has 1 aromatic carbocycles. The fourth-order valence-corrected chi connectivity index (χ4v) is 2.74. The van der Waals surface area contributed by atoms with Crippen molar-refractivity contribution < 1.29 is 19.1 Å². The van der Waals surface area contributed by atoms with Crippen molar-refractivity contribution in [2.75, 3.05) is 6.61 Å². The molecule has 0 amide bonds. The second kappa shape index (κ2) is 7.40. The molecule has 0 radical (unpaired) electrons. The molecule has 3 atom stereocenters. The van der Waals surface area contributed by atoms with E-state index in [1.165, 1.54) is 0 Å². The molecule has 0 aliphatic carbocycles. The number of ether oxygens (including phenoxy) is 2. The Morgan fingerprint density at radius 1 is 1.23 bits per heavy atom. The number of carbonyl (C=O) groups is 2. The molecule has 2 rings (SSSR count). The van der Waals surface area contributed by atoms with Crippen molar-refractivity contribution in [2.45, 2.75) is 45.4 Å². The topological polar surface area (TPSA) is 64.6 Å². The minimum atomic E-state index is -0.484. The molecule has 120 valence electrons. The zero-order chi connectivity index (χ0) is 16.1. The van der Waals surface area contributed by atoms with E-state index in [4.69, 9.17) is 9.47 Å². The van der Waals surface area contributed by atoms with Crippen LogP contribution in [0.1, 0.15) is 38.8 Å². The first-order valence-electron chi connectivity index (χ1n) is 7.71. The maximum Gasteiger partial charge on any atom is 0.323 e. The number of nitrogens with one attached hydrogen (secondary N) is 1. The average Bonchev–Trinajstić information content (AvgIpc) is 2.93. The van der Waals surface area contributed by atoms with Crippen molar-refractivity contribution >= 4 is 11.9 Å². The minimum Gasteiger partial charge on any atom is -0.466 e. The molecule has 1 N–H and O–H groups in total. The molecule has 1 aliphatic heterocycles. The van der Waals surface area contributed by atoms with Gasteiger partial charge >= 0.3 is 11.9 Å². The second-order valence-corrected chi connectivity index (χ2v) is 5.69. The summed E-state index contributed by atoms with van der Waals surface area (Å²) >= 11 is 0. The van der Waals surface area contributed by atoms with E-state index in [9.17, 15) is 9.59 Å². The number of benzene rings is 1. The fraction of sp³-hybridized carbons (Fsp3) is 0.529. The van der Waals surface area contributed by atoms with Crippen LogP contribution < -0.4 is 5.32 Å². The van der Waals surface area contributed by atoms with Crippen molar-refractivity contribution in [1.29, 1.82) is 0 Å². The van der Waals surface area contributed by atoms with Gasteiger partial charge in [0.1, 0.15) is 6.04 Å². The van der Waals surface area contributed by atoms with Crippen molar-refractivity contribution in [3.05, 3.63) is 35.9 Å². The van der Waals surface area contributed by atoms with Gasteiger partial charge in [-0.1, -0.05) is 30.3 Å². The van der Waals surface area contributed by atoms with Crippen molar-refractivity contribution in [3.63, 3.8) is 0 Å². The molecule has 5 nitrogen and oxygen atoms in total. The summed E-state index contributed by atoms with van der Waals surface area (Å²) in [5.41, 5.74) is 0.973. The molecule has 1 heterocycles. The van der Waals surface area contributed by atoms with Gasteiger partial charge in [0, 0.05) is 6.04 Å². The Morgan fingerprint density at radius 3 is 2.50 bits per heavy atom. The Bertz CT molecular complexity index is 515. The molecule has 1 aliphatic rings. The van der Waals surface area contributed by atoms with Crippen LogP contribution in [0.15, 0.2) is 30.3 Å². The van der Waals surface area contributed by atoms with Gasteiger partial charge < -0.3 is 9.47 Å². The van der Waals surface area contributed by atoms with Crippen LogP contribution in [0.5, 0.6) is 0 Å². The molecular formula is C17H23NO4. The first kappa shape index (κ1) is 16.5. The van der Waals surface area contributed by atoms with Gasteiger partial charge in [0.05, 0.1) is 18.6 Å². The molecule has 0 unspecified atom stereocenters. The highest BCUT2D eigenvalue weighted by molar-refractivity contribution is 5.80. The van der Waals surface area contributed by atoms with Crippen molar-refractivity contribution in [3.8, 4) is 0 Å². The minimum absolute atomic E-state index is 0.175. The van der Waals surface area contributed by atoms with Gasteiger partial charge in [-0.2, -0.15) is 0 Å². The van der Waals surface area contributed by atoms with E-state index in [1.54, 1.807) is 6.92 Å². The highest BCUT2D eigenvalue weighted by Gasteiger charge is 2.43. The Balaban J connectivity index is 2.17. The SMILES string of the molecule is CCOC(=O)[C@@H]1C[C@@H](C(=O)OC(C)C)N[C@@H]1c1ccccc1. The molecule has 0 spiro atoms. The Hall–Kier alpha value is -1.88. The first-order chi connectivity index (χ1) is 10.5. The summed E-state index contributed by atoms with van der Waals surface area (Å²) in [7, 11) is 0. The van der Waals surface area contributed by atoms with E-state index in [2.05, 4.69) is 5.32 Å². The predicted molar refractivity (Wildman–Crippen MR) is 82.1 cm³/mol. The third-order valence-corrected chi connectivity index (χ3v) is 3.66. The number of rotatable bonds is 5. The molecule has 1 saturated heterocycles. The van der Waals surface area contributed by atoms with Gasteiger partial charge in [-0.3, -0.25) is 14.9 Å². The van der Waals surface area contributed by atoms with Crippen LogP contribution in [-0.4, -0.2) is 30.7 Å². The van der Waals surface area contributed by atoms with Crippen LogP contribution in [0.25, 0.3) is 0 Å². The predicted octanol–water partition coefficient (Wildman–Crippen LogP) is 2.22. The van der Waals surface area contributed by atoms with Crippen LogP contribution in [-0.2, 0) is 19.1 Å². The van der Waals surface area contributed by atoms with Crippen LogP contribution in [0.2, 0.25) is 0 Å². The molecule has 22 heavy (non-hydrogen) atoms. The summed E-state index contributed by atoms with van der Waals surface area (Å²) in [6.45, 7) is 5.73. The van der Waals surface area contributed by atoms with E-state index < -0.39 is 6.04 Å². The maximum absolute atomic E-state index is 12.2. The summed E-state index contributed by atoms with van der Waals surface area (Å²) in [6, 6.07) is 8.92. The molecule has 1 fully saturated rings. The number of hydrogen-bond donors (Lipinski definition) is 1. The van der Waals surface area contributed by atoms with E-state index in [-0.39, 0.29) is 30.0 Å². The lowest BCUT2D eigenvalue weighted by Gasteiger charge is -2.18. The number of hydrogen-bond acceptors (Lipinski definition) is 5. The van der Waals surface area contributed by atoms with Gasteiger partial charge in [-0.15, -0.1) is 0 Å². The van der Waals surface area contributed by atoms with Gasteiger partial charge in [0.2, 0.25) is 0 Å². The lowest BCUT2D eigenvalue weighted by atomic mass is 9.93. The summed E-state index contributed by atoms with van der Waals surface area (Å²) in [5, 5.41) is 3.23. The van der Waals surface area contributed by atoms with Gasteiger partial charge in [-0.25, -0.2) is 0 Å². The van der Waals surface area contributed by atoms with E-state index in [0.29, 0.717) is 13.0 Å². The zero-order valence-electron chi connectivity index (χ0n) is 13.2. The second-order valence-electron chi connectivity index (χ2n) is 5.69. The fourth-order valence-electron chi connectivity index (χ4n) is 2.74. The summed E-state index contributed by atoms with van der Waals surface area (Å²) < 4.78 is 10.4. The van der Waals surface area contributed by atoms with Gasteiger partial charge in [0.15, 0.2) is 0 Å². The summed E-state index contributed by atoms with van der Waals surface area (Å²) in [5.74, 6) is -0.974. The lowest BCUT2D eigenvalue weighted by molar-refractivity contribution is -0.150. The quantitative estimate of drug-likeness (QED) is 0.845. The zero-order valence-corrected chi connectivity index (χ0v) is 13.2. The summed E-state index contributed by atoms with van der Waals surface area (Å²) in [6.07, 6.45) is 0.218. The van der Waals surface area contributed by atoms with Crippen molar-refractivity contribution in [1.82, 2.24) is 5.32 Å². The number of esters is 2. The lowest BCUT2D eigenvalue weighted by Crippen LogP contribution is -2.35. The third-order valence-electron chi connectivity index (χ3n) is 3.66. The normalized spacial score (nSPS) is 24.3. The standard InChI is InChI=1S/C17H23NO4/c1-4-21-16(19)13-10-14(17(20)22-11(2)3)18-15(13)12-8-6-5-7-9-12/h5-9,11,13-15,18H,4,10H2,1-3H3/t13-,14+,15-/m1/s1. The Kier molecular flexibility index (Phi) is 5.55. The first-order valence-corrected chi connectivity index (χ1v) is 7.71. The van der Waals surface area contributed by atoms with E-state index >= 15 is 0 Å². The highest BCUT2D eigenvalue weighted by Crippen LogP contribution is 2.34. The van der Waals surface area contributed by atoms with Crippen LogP contribution >= 0.6 is 0 Å². The van der Waals surface area contributed by atoms with Crippen LogP contribution in [0, 0.1) is 5.92 Å². The molecule has 5 heteroatoms. The Labute approximate surface area is 131 Å². The van der Waals surface area contributed by atoms with Gasteiger partial charge in [0.25, 0.3) is 0 Å². The van der Waals surface area contributed by atoms with E-state index in [0.717, 1.165) is 5.56 Å². The number of carbonyl (C=O) groups excluding carboxylic acids is 2. The smallest absolute Gasteiger partial charge is 0.323 e. The largest absolute Gasteiger partial charge is 0.466 e.